The molecule has 11 nitrogen and oxygen atoms in total. The lowest BCUT2D eigenvalue weighted by Gasteiger charge is -2.25. The van der Waals surface area contributed by atoms with Crippen LogP contribution in [0.5, 0.6) is 0 Å². The number of aromatic nitrogens is 3. The van der Waals surface area contributed by atoms with Crippen molar-refractivity contribution < 1.29 is 19.1 Å². The predicted octanol–water partition coefficient (Wildman–Crippen LogP) is 7.27. The van der Waals surface area contributed by atoms with Gasteiger partial charge in [0.2, 0.25) is 5.95 Å². The van der Waals surface area contributed by atoms with Crippen molar-refractivity contribution in [1.82, 2.24) is 24.8 Å². The van der Waals surface area contributed by atoms with Crippen LogP contribution in [0.2, 0.25) is 0 Å². The first kappa shape index (κ1) is 35.7. The molecule has 1 amide bonds. The number of hydrogen-bond donors (Lipinski definition) is 2. The topological polar surface area (TPSA) is 122 Å². The first-order chi connectivity index (χ1) is 22.5. The normalized spacial score (nSPS) is 11.4. The molecule has 2 heterocycles. The fourth-order valence-corrected chi connectivity index (χ4v) is 4.90. The first-order valence-electron chi connectivity index (χ1n) is 15.4. The van der Waals surface area contributed by atoms with E-state index >= 15 is 0 Å². The average Bonchev–Trinajstić information content (AvgIpc) is 3.07. The third-order valence-corrected chi connectivity index (χ3v) is 8.52. The fraction of sp³-hybridized carbons (Fsp3) is 0.343. The highest BCUT2D eigenvalue weighted by atomic mass is 127. The van der Waals surface area contributed by atoms with E-state index in [2.05, 4.69) is 53.1 Å². The number of amides is 1. The molecule has 2 N–H and O–H groups in total. The number of carbonyl (C=O) groups excluding carboxylic acids is 2. The third kappa shape index (κ3) is 11.3. The molecule has 0 aliphatic heterocycles. The van der Waals surface area contributed by atoms with Crippen LogP contribution in [0, 0.1) is 6.92 Å². The minimum Gasteiger partial charge on any atom is -0.428 e. The zero-order valence-corrected chi connectivity index (χ0v) is 29.7. The molecule has 0 spiro atoms. The number of anilines is 3. The van der Waals surface area contributed by atoms with Gasteiger partial charge in [0.1, 0.15) is 12.3 Å². The molecule has 0 saturated carbocycles. The number of hydrogen-bond acceptors (Lipinski definition) is 10. The van der Waals surface area contributed by atoms with Gasteiger partial charge in [0.15, 0.2) is 0 Å². The van der Waals surface area contributed by atoms with Gasteiger partial charge in [-0.15, -0.1) is 0 Å². The summed E-state index contributed by atoms with van der Waals surface area (Å²) in [5.74, 6) is 0.250. The Hall–Kier alpha value is -4.14. The fourth-order valence-electron chi connectivity index (χ4n) is 4.32. The second-order valence-electron chi connectivity index (χ2n) is 11.8. The number of alkyl halides is 1. The number of likely N-dealkylation sites (N-methyl/N-ethyl adjacent to an activating group) is 1. The van der Waals surface area contributed by atoms with Crippen molar-refractivity contribution in [1.29, 1.82) is 0 Å². The predicted molar refractivity (Wildman–Crippen MR) is 193 cm³/mol. The van der Waals surface area contributed by atoms with Gasteiger partial charge in [0, 0.05) is 60.7 Å². The Morgan fingerprint density at radius 1 is 1.02 bits per heavy atom. The number of nitrogens with zero attached hydrogens (tertiary/aromatic N) is 5. The number of benzene rings is 2. The summed E-state index contributed by atoms with van der Waals surface area (Å²) in [5.41, 5.74) is 5.20. The van der Waals surface area contributed by atoms with E-state index in [-0.39, 0.29) is 12.6 Å². The summed E-state index contributed by atoms with van der Waals surface area (Å²) in [6, 6.07) is 18.9. The highest BCUT2D eigenvalue weighted by molar-refractivity contribution is 14.1. The SMILES string of the molecule is CCC(C)(C)OC(=O)OCN(C)CCN(CI)Cc1ccc(C(=O)Nc2ccc(C)c(Nc3nccc(-c4cccnc4)n3)c2)cc1. The molecule has 248 valence electrons. The minimum atomic E-state index is -0.657. The molecule has 0 bridgehead atoms. The molecule has 0 radical (unpaired) electrons. The van der Waals surface area contributed by atoms with Crippen LogP contribution in [0.3, 0.4) is 0 Å². The molecule has 4 aromatic rings. The molecule has 12 heteroatoms. The van der Waals surface area contributed by atoms with Gasteiger partial charge in [-0.25, -0.2) is 14.8 Å². The van der Waals surface area contributed by atoms with Gasteiger partial charge in [-0.3, -0.25) is 19.6 Å². The zero-order chi connectivity index (χ0) is 33.8. The molecular weight excluding hydrogens is 709 g/mol. The Kier molecular flexibility index (Phi) is 13.0. The van der Waals surface area contributed by atoms with Gasteiger partial charge >= 0.3 is 6.16 Å². The van der Waals surface area contributed by atoms with Crippen LogP contribution in [-0.4, -0.2) is 73.8 Å². The summed E-state index contributed by atoms with van der Waals surface area (Å²) in [6.07, 6.45) is 5.23. The van der Waals surface area contributed by atoms with Crippen molar-refractivity contribution >= 4 is 52.0 Å². The number of halogens is 1. The maximum Gasteiger partial charge on any atom is 0.510 e. The van der Waals surface area contributed by atoms with E-state index < -0.39 is 11.8 Å². The smallest absolute Gasteiger partial charge is 0.428 e. The van der Waals surface area contributed by atoms with Crippen molar-refractivity contribution in [2.75, 3.05) is 42.1 Å². The van der Waals surface area contributed by atoms with Crippen LogP contribution in [0.15, 0.2) is 79.3 Å². The Morgan fingerprint density at radius 3 is 2.51 bits per heavy atom. The molecule has 4 rings (SSSR count). The number of carbonyl (C=O) groups is 2. The van der Waals surface area contributed by atoms with Gasteiger partial charge in [0.05, 0.1) is 10.2 Å². The highest BCUT2D eigenvalue weighted by Crippen LogP contribution is 2.25. The van der Waals surface area contributed by atoms with Gasteiger partial charge in [-0.2, -0.15) is 0 Å². The quantitative estimate of drug-likeness (QED) is 0.0422. The standard InChI is InChI=1S/C35H42IN7O4/c1-6-35(3,4)47-34(45)46-24-42(5)18-19-43(23-36)22-26-10-12-27(13-11-26)32(44)39-29-14-9-25(2)31(20-29)41-33-38-17-15-30(40-33)28-8-7-16-37-21-28/h7-17,20-21H,6,18-19,22-24H2,1-5H3,(H,39,44)(H,38,40,41). The molecule has 0 saturated heterocycles. The average molecular weight is 752 g/mol. The first-order valence-corrected chi connectivity index (χ1v) is 16.9. The Balaban J connectivity index is 1.28. The monoisotopic (exact) mass is 751 g/mol. The molecule has 47 heavy (non-hydrogen) atoms. The van der Waals surface area contributed by atoms with Crippen molar-refractivity contribution in [3.63, 3.8) is 0 Å². The number of ether oxygens (including phenoxy) is 2. The molecule has 0 aliphatic carbocycles. The van der Waals surface area contributed by atoms with Gasteiger partial charge in [-0.05, 0) is 87.8 Å². The molecule has 0 fully saturated rings. The highest BCUT2D eigenvalue weighted by Gasteiger charge is 2.21. The van der Waals surface area contributed by atoms with E-state index in [1.54, 1.807) is 18.6 Å². The van der Waals surface area contributed by atoms with Crippen LogP contribution in [0.25, 0.3) is 11.3 Å². The summed E-state index contributed by atoms with van der Waals surface area (Å²) in [4.78, 5) is 42.4. The second-order valence-corrected chi connectivity index (χ2v) is 12.5. The van der Waals surface area contributed by atoms with E-state index in [1.807, 2.05) is 100 Å². The molecule has 0 aliphatic rings. The number of aryl methyl sites for hydroxylation is 1. The van der Waals surface area contributed by atoms with Crippen LogP contribution in [0.1, 0.15) is 48.7 Å². The lowest BCUT2D eigenvalue weighted by molar-refractivity contribution is -0.0358. The van der Waals surface area contributed by atoms with Gasteiger partial charge in [-0.1, -0.05) is 47.7 Å². The van der Waals surface area contributed by atoms with Crippen molar-refractivity contribution in [2.24, 2.45) is 0 Å². The Morgan fingerprint density at radius 2 is 1.81 bits per heavy atom. The minimum absolute atomic E-state index is 0.156. The summed E-state index contributed by atoms with van der Waals surface area (Å²) in [5, 5.41) is 6.28. The summed E-state index contributed by atoms with van der Waals surface area (Å²) < 4.78 is 11.4. The van der Waals surface area contributed by atoms with E-state index in [1.165, 1.54) is 0 Å². The van der Waals surface area contributed by atoms with Crippen LogP contribution in [-0.2, 0) is 16.0 Å². The molecule has 0 atom stereocenters. The van der Waals surface area contributed by atoms with Crippen molar-refractivity contribution in [2.45, 2.75) is 46.3 Å². The summed E-state index contributed by atoms with van der Waals surface area (Å²) in [7, 11) is 1.90. The van der Waals surface area contributed by atoms with E-state index in [9.17, 15) is 9.59 Å². The maximum absolute atomic E-state index is 13.1. The summed E-state index contributed by atoms with van der Waals surface area (Å²) >= 11 is 2.34. The number of pyridine rings is 1. The Labute approximate surface area is 290 Å². The lowest BCUT2D eigenvalue weighted by Crippen LogP contribution is -2.35. The van der Waals surface area contributed by atoms with E-state index in [0.717, 1.165) is 45.7 Å². The number of nitrogens with one attached hydrogen (secondary N) is 2. The van der Waals surface area contributed by atoms with E-state index in [0.29, 0.717) is 30.2 Å². The molecule has 2 aromatic heterocycles. The molecule has 2 aromatic carbocycles. The zero-order valence-electron chi connectivity index (χ0n) is 27.5. The second kappa shape index (κ2) is 17.1. The maximum atomic E-state index is 13.1. The summed E-state index contributed by atoms with van der Waals surface area (Å²) in [6.45, 7) is 10.0. The van der Waals surface area contributed by atoms with Crippen LogP contribution >= 0.6 is 22.6 Å². The largest absolute Gasteiger partial charge is 0.510 e. The molecular formula is C35H42IN7O4. The van der Waals surface area contributed by atoms with Gasteiger partial charge < -0.3 is 20.1 Å². The van der Waals surface area contributed by atoms with Gasteiger partial charge in [0.25, 0.3) is 5.91 Å². The molecule has 0 unspecified atom stereocenters. The van der Waals surface area contributed by atoms with E-state index in [4.69, 9.17) is 9.47 Å². The Bertz CT molecular complexity index is 1620. The van der Waals surface area contributed by atoms with Crippen molar-refractivity contribution in [3.8, 4) is 11.3 Å². The van der Waals surface area contributed by atoms with Crippen LogP contribution < -0.4 is 10.6 Å². The number of rotatable bonds is 15. The van der Waals surface area contributed by atoms with Crippen LogP contribution in [0.4, 0.5) is 22.1 Å². The third-order valence-electron chi connectivity index (χ3n) is 7.56. The lowest BCUT2D eigenvalue weighted by atomic mass is 10.1. The van der Waals surface area contributed by atoms with Crippen molar-refractivity contribution in [3.05, 3.63) is 95.9 Å².